The van der Waals surface area contributed by atoms with Gasteiger partial charge in [-0.15, -0.1) is 12.4 Å². The molecule has 18 heavy (non-hydrogen) atoms. The van der Waals surface area contributed by atoms with Crippen molar-refractivity contribution in [2.45, 2.75) is 19.4 Å². The SMILES string of the molecule is CCC1CN(C(=O)c2ccccc2N)CCO1.Cl. The van der Waals surface area contributed by atoms with E-state index < -0.39 is 0 Å². The van der Waals surface area contributed by atoms with Crippen LogP contribution in [0.1, 0.15) is 23.7 Å². The Balaban J connectivity index is 0.00000162. The number of para-hydroxylation sites is 1. The lowest BCUT2D eigenvalue weighted by Crippen LogP contribution is -2.45. The second-order valence-corrected chi connectivity index (χ2v) is 4.24. The highest BCUT2D eigenvalue weighted by Gasteiger charge is 2.24. The zero-order valence-corrected chi connectivity index (χ0v) is 11.3. The van der Waals surface area contributed by atoms with Gasteiger partial charge in [0.05, 0.1) is 18.3 Å². The summed E-state index contributed by atoms with van der Waals surface area (Å²) >= 11 is 0. The molecule has 1 aromatic rings. The van der Waals surface area contributed by atoms with Crippen LogP contribution in [0.3, 0.4) is 0 Å². The van der Waals surface area contributed by atoms with E-state index in [1.807, 2.05) is 17.0 Å². The normalized spacial score (nSPS) is 19.2. The number of nitrogen functional groups attached to an aromatic ring is 1. The third-order valence-electron chi connectivity index (χ3n) is 3.07. The predicted octanol–water partition coefficient (Wildman–Crippen LogP) is 1.94. The monoisotopic (exact) mass is 270 g/mol. The Kier molecular flexibility index (Phi) is 5.44. The van der Waals surface area contributed by atoms with Gasteiger partial charge < -0.3 is 15.4 Å². The van der Waals surface area contributed by atoms with Crippen molar-refractivity contribution in [2.75, 3.05) is 25.4 Å². The number of hydrogen-bond acceptors (Lipinski definition) is 3. The van der Waals surface area contributed by atoms with Gasteiger partial charge in [0, 0.05) is 18.8 Å². The molecule has 1 aromatic carbocycles. The van der Waals surface area contributed by atoms with E-state index in [2.05, 4.69) is 6.92 Å². The number of amides is 1. The molecule has 1 aliphatic heterocycles. The summed E-state index contributed by atoms with van der Waals surface area (Å²) in [6.45, 7) is 3.97. The molecular weight excluding hydrogens is 252 g/mol. The average Bonchev–Trinajstić information content (AvgIpc) is 2.38. The number of carbonyl (C=O) groups is 1. The van der Waals surface area contributed by atoms with Gasteiger partial charge in [-0.25, -0.2) is 0 Å². The molecule has 0 aromatic heterocycles. The highest BCUT2D eigenvalue weighted by molar-refractivity contribution is 5.99. The summed E-state index contributed by atoms with van der Waals surface area (Å²) in [5.41, 5.74) is 6.94. The molecule has 1 atom stereocenters. The summed E-state index contributed by atoms with van der Waals surface area (Å²) in [6.07, 6.45) is 1.08. The molecule has 0 bridgehead atoms. The number of nitrogens with zero attached hydrogens (tertiary/aromatic N) is 1. The maximum absolute atomic E-state index is 12.3. The third kappa shape index (κ3) is 3.15. The fourth-order valence-electron chi connectivity index (χ4n) is 2.01. The molecule has 1 heterocycles. The molecule has 5 heteroatoms. The molecule has 2 rings (SSSR count). The minimum Gasteiger partial charge on any atom is -0.398 e. The van der Waals surface area contributed by atoms with Crippen LogP contribution in [0, 0.1) is 0 Å². The third-order valence-corrected chi connectivity index (χ3v) is 3.07. The minimum absolute atomic E-state index is 0. The van der Waals surface area contributed by atoms with Gasteiger partial charge >= 0.3 is 0 Å². The van der Waals surface area contributed by atoms with E-state index >= 15 is 0 Å². The van der Waals surface area contributed by atoms with Crippen molar-refractivity contribution in [3.63, 3.8) is 0 Å². The number of ether oxygens (including phenoxy) is 1. The van der Waals surface area contributed by atoms with Crippen LogP contribution in [-0.2, 0) is 4.74 Å². The molecule has 2 N–H and O–H groups in total. The van der Waals surface area contributed by atoms with Gasteiger partial charge in [0.15, 0.2) is 0 Å². The summed E-state index contributed by atoms with van der Waals surface area (Å²) in [4.78, 5) is 14.1. The van der Waals surface area contributed by atoms with E-state index in [9.17, 15) is 4.79 Å². The van der Waals surface area contributed by atoms with E-state index in [4.69, 9.17) is 10.5 Å². The zero-order chi connectivity index (χ0) is 12.3. The highest BCUT2D eigenvalue weighted by atomic mass is 35.5. The number of nitrogens with two attached hydrogens (primary N) is 1. The maximum atomic E-state index is 12.3. The molecule has 1 fully saturated rings. The number of anilines is 1. The molecule has 1 amide bonds. The lowest BCUT2D eigenvalue weighted by Gasteiger charge is -2.32. The van der Waals surface area contributed by atoms with Crippen molar-refractivity contribution in [2.24, 2.45) is 0 Å². The van der Waals surface area contributed by atoms with Gasteiger partial charge in [-0.05, 0) is 18.6 Å². The van der Waals surface area contributed by atoms with E-state index in [-0.39, 0.29) is 24.4 Å². The topological polar surface area (TPSA) is 55.6 Å². The average molecular weight is 271 g/mol. The Hall–Kier alpha value is -1.26. The number of benzene rings is 1. The molecule has 0 saturated carbocycles. The number of carbonyl (C=O) groups excluding carboxylic acids is 1. The standard InChI is InChI=1S/C13H18N2O2.ClH/c1-2-10-9-15(7-8-17-10)13(16)11-5-3-4-6-12(11)14;/h3-6,10H,2,7-9,14H2,1H3;1H. The summed E-state index contributed by atoms with van der Waals surface area (Å²) in [5.74, 6) is 0.00449. The molecule has 100 valence electrons. The predicted molar refractivity (Wildman–Crippen MR) is 74.0 cm³/mol. The van der Waals surface area contributed by atoms with Gasteiger partial charge in [-0.1, -0.05) is 19.1 Å². The van der Waals surface area contributed by atoms with Crippen molar-refractivity contribution >= 4 is 24.0 Å². The minimum atomic E-state index is 0. The Labute approximate surface area is 114 Å². The Bertz CT molecular complexity index is 412. The van der Waals surface area contributed by atoms with Crippen LogP contribution in [0.15, 0.2) is 24.3 Å². The van der Waals surface area contributed by atoms with E-state index in [0.717, 1.165) is 6.42 Å². The largest absolute Gasteiger partial charge is 0.398 e. The summed E-state index contributed by atoms with van der Waals surface area (Å²) in [6, 6.07) is 7.20. The number of halogens is 1. The zero-order valence-electron chi connectivity index (χ0n) is 10.5. The van der Waals surface area contributed by atoms with Crippen LogP contribution in [0.5, 0.6) is 0 Å². The van der Waals surface area contributed by atoms with E-state index in [1.54, 1.807) is 12.1 Å². The molecule has 1 unspecified atom stereocenters. The molecule has 0 radical (unpaired) electrons. The van der Waals surface area contributed by atoms with Crippen LogP contribution in [0.25, 0.3) is 0 Å². The van der Waals surface area contributed by atoms with Crippen LogP contribution >= 0.6 is 12.4 Å². The van der Waals surface area contributed by atoms with Crippen molar-refractivity contribution in [3.8, 4) is 0 Å². The van der Waals surface area contributed by atoms with Gasteiger partial charge in [-0.2, -0.15) is 0 Å². The fraction of sp³-hybridized carbons (Fsp3) is 0.462. The van der Waals surface area contributed by atoms with Crippen molar-refractivity contribution in [3.05, 3.63) is 29.8 Å². The van der Waals surface area contributed by atoms with E-state index in [1.165, 1.54) is 0 Å². The molecular formula is C13H19ClN2O2. The number of morpholine rings is 1. The highest BCUT2D eigenvalue weighted by Crippen LogP contribution is 2.16. The Morgan fingerprint density at radius 1 is 1.50 bits per heavy atom. The molecule has 0 spiro atoms. The van der Waals surface area contributed by atoms with Gasteiger partial charge in [0.1, 0.15) is 0 Å². The van der Waals surface area contributed by atoms with Crippen molar-refractivity contribution < 1.29 is 9.53 Å². The van der Waals surface area contributed by atoms with Crippen LogP contribution < -0.4 is 5.73 Å². The lowest BCUT2D eigenvalue weighted by molar-refractivity contribution is -0.0225. The first-order valence-corrected chi connectivity index (χ1v) is 5.97. The first-order chi connectivity index (χ1) is 8.22. The van der Waals surface area contributed by atoms with Gasteiger partial charge in [-0.3, -0.25) is 4.79 Å². The molecule has 1 aliphatic rings. The summed E-state index contributed by atoms with van der Waals surface area (Å²) < 4.78 is 5.55. The Morgan fingerprint density at radius 2 is 2.22 bits per heavy atom. The van der Waals surface area contributed by atoms with E-state index in [0.29, 0.717) is 30.9 Å². The Morgan fingerprint density at radius 3 is 2.89 bits per heavy atom. The second kappa shape index (κ2) is 6.61. The summed E-state index contributed by atoms with van der Waals surface area (Å²) in [5, 5.41) is 0. The van der Waals surface area contributed by atoms with Gasteiger partial charge in [0.25, 0.3) is 5.91 Å². The second-order valence-electron chi connectivity index (χ2n) is 4.24. The van der Waals surface area contributed by atoms with Crippen molar-refractivity contribution in [1.82, 2.24) is 4.90 Å². The van der Waals surface area contributed by atoms with Gasteiger partial charge in [0.2, 0.25) is 0 Å². The first-order valence-electron chi connectivity index (χ1n) is 5.97. The van der Waals surface area contributed by atoms with Crippen LogP contribution in [0.2, 0.25) is 0 Å². The first kappa shape index (κ1) is 14.8. The quantitative estimate of drug-likeness (QED) is 0.836. The van der Waals surface area contributed by atoms with Crippen molar-refractivity contribution in [1.29, 1.82) is 0 Å². The molecule has 0 aliphatic carbocycles. The summed E-state index contributed by atoms with van der Waals surface area (Å²) in [7, 11) is 0. The number of hydrogen-bond donors (Lipinski definition) is 1. The smallest absolute Gasteiger partial charge is 0.256 e. The fourth-order valence-corrected chi connectivity index (χ4v) is 2.01. The van der Waals surface area contributed by atoms with Crippen LogP contribution in [0.4, 0.5) is 5.69 Å². The molecule has 4 nitrogen and oxygen atoms in total. The lowest BCUT2D eigenvalue weighted by atomic mass is 10.1. The van der Waals surface area contributed by atoms with Crippen LogP contribution in [-0.4, -0.2) is 36.6 Å². The maximum Gasteiger partial charge on any atom is 0.256 e. The number of rotatable bonds is 2. The molecule has 1 saturated heterocycles.